The second-order valence-corrected chi connectivity index (χ2v) is 7.79. The van der Waals surface area contributed by atoms with Crippen LogP contribution in [0.25, 0.3) is 0 Å². The number of nitrogens with zero attached hydrogens (tertiary/aromatic N) is 4. The van der Waals surface area contributed by atoms with Gasteiger partial charge in [-0.1, -0.05) is 13.8 Å². The molecule has 2 aromatic heterocycles. The Labute approximate surface area is 166 Å². The number of imidazole rings is 1. The number of likely N-dealkylation sites (tertiary alicyclic amines) is 1. The van der Waals surface area contributed by atoms with Gasteiger partial charge in [-0.05, 0) is 36.5 Å². The third kappa shape index (κ3) is 4.77. The van der Waals surface area contributed by atoms with Crippen molar-refractivity contribution in [3.63, 3.8) is 0 Å². The van der Waals surface area contributed by atoms with Gasteiger partial charge in [-0.3, -0.25) is 14.6 Å². The van der Waals surface area contributed by atoms with Crippen molar-refractivity contribution in [1.82, 2.24) is 24.8 Å². The summed E-state index contributed by atoms with van der Waals surface area (Å²) < 4.78 is 2.19. The number of hydrogen-bond donors (Lipinski definition) is 1. The molecule has 3 rings (SSSR count). The van der Waals surface area contributed by atoms with E-state index in [2.05, 4.69) is 19.9 Å². The van der Waals surface area contributed by atoms with E-state index in [4.69, 9.17) is 0 Å². The number of amides is 2. The highest BCUT2D eigenvalue weighted by molar-refractivity contribution is 5.87. The topological polar surface area (TPSA) is 80.1 Å². The third-order valence-corrected chi connectivity index (χ3v) is 5.31. The fourth-order valence-electron chi connectivity index (χ4n) is 3.79. The molecule has 1 aliphatic rings. The number of rotatable bonds is 6. The van der Waals surface area contributed by atoms with Crippen molar-refractivity contribution >= 4 is 11.8 Å². The maximum Gasteiger partial charge on any atom is 0.245 e. The minimum absolute atomic E-state index is 0.0174. The normalized spacial score (nSPS) is 16.2. The number of nitrogens with one attached hydrogen (secondary N) is 1. The van der Waals surface area contributed by atoms with Crippen LogP contribution in [0.3, 0.4) is 0 Å². The van der Waals surface area contributed by atoms with Gasteiger partial charge in [0.2, 0.25) is 11.8 Å². The minimum Gasteiger partial charge on any atom is -0.344 e. The second kappa shape index (κ2) is 8.99. The number of carbonyl (C=O) groups excluding carboxylic acids is 2. The van der Waals surface area contributed by atoms with E-state index in [1.165, 1.54) is 12.5 Å². The van der Waals surface area contributed by atoms with Crippen molar-refractivity contribution in [3.8, 4) is 0 Å². The number of carbonyl (C=O) groups is 2. The minimum atomic E-state index is -0.456. The lowest BCUT2D eigenvalue weighted by Gasteiger charge is -2.35. The molecule has 1 saturated heterocycles. The third-order valence-electron chi connectivity index (χ3n) is 5.31. The van der Waals surface area contributed by atoms with Gasteiger partial charge in [-0.2, -0.15) is 0 Å². The summed E-state index contributed by atoms with van der Waals surface area (Å²) in [5.41, 5.74) is 1.19. The van der Waals surface area contributed by atoms with Gasteiger partial charge in [-0.15, -0.1) is 0 Å². The Morgan fingerprint density at radius 3 is 2.46 bits per heavy atom. The molecule has 0 bridgehead atoms. The Kier molecular flexibility index (Phi) is 6.44. The average molecular weight is 383 g/mol. The fourth-order valence-corrected chi connectivity index (χ4v) is 3.79. The van der Waals surface area contributed by atoms with E-state index >= 15 is 0 Å². The highest BCUT2D eigenvalue weighted by Crippen LogP contribution is 2.28. The SMILES string of the molecule is CC(=O)N[C@H](C(=O)N1CCC(c2nccn2Cc2ccncc2)CC1)C(C)C. The zero-order valence-corrected chi connectivity index (χ0v) is 16.8. The van der Waals surface area contributed by atoms with Gasteiger partial charge < -0.3 is 14.8 Å². The fraction of sp³-hybridized carbons (Fsp3) is 0.524. The smallest absolute Gasteiger partial charge is 0.245 e. The van der Waals surface area contributed by atoms with Crippen LogP contribution < -0.4 is 5.32 Å². The van der Waals surface area contributed by atoms with Gasteiger partial charge in [0.25, 0.3) is 0 Å². The van der Waals surface area contributed by atoms with Crippen LogP contribution in [-0.4, -0.2) is 50.4 Å². The first-order valence-corrected chi connectivity index (χ1v) is 9.91. The highest BCUT2D eigenvalue weighted by atomic mass is 16.2. The number of hydrogen-bond acceptors (Lipinski definition) is 4. The van der Waals surface area contributed by atoms with Gasteiger partial charge >= 0.3 is 0 Å². The molecule has 0 radical (unpaired) electrons. The molecule has 1 aliphatic heterocycles. The molecule has 1 fully saturated rings. The first-order valence-electron chi connectivity index (χ1n) is 9.91. The van der Waals surface area contributed by atoms with Gasteiger partial charge in [0.1, 0.15) is 11.9 Å². The van der Waals surface area contributed by atoms with Crippen molar-refractivity contribution in [3.05, 3.63) is 48.3 Å². The number of piperidine rings is 1. The molecule has 3 heterocycles. The summed E-state index contributed by atoms with van der Waals surface area (Å²) in [6.07, 6.45) is 9.22. The van der Waals surface area contributed by atoms with Gasteiger partial charge in [0.15, 0.2) is 0 Å². The molecule has 150 valence electrons. The largest absolute Gasteiger partial charge is 0.344 e. The lowest BCUT2D eigenvalue weighted by molar-refractivity contribution is -0.138. The van der Waals surface area contributed by atoms with Crippen LogP contribution in [0.5, 0.6) is 0 Å². The van der Waals surface area contributed by atoms with Crippen LogP contribution in [-0.2, 0) is 16.1 Å². The summed E-state index contributed by atoms with van der Waals surface area (Å²) in [7, 11) is 0. The lowest BCUT2D eigenvalue weighted by atomic mass is 9.94. The standard InChI is InChI=1S/C21H29N5O2/c1-15(2)19(24-16(3)27)21(28)25-11-6-18(7-12-25)20-23-10-13-26(20)14-17-4-8-22-9-5-17/h4-5,8-10,13,15,18-19H,6-7,11-12,14H2,1-3H3,(H,24,27)/t19-/m0/s1. The van der Waals surface area contributed by atoms with E-state index in [1.54, 1.807) is 12.4 Å². The summed E-state index contributed by atoms with van der Waals surface area (Å²) in [6, 6.07) is 3.57. The van der Waals surface area contributed by atoms with Crippen LogP contribution >= 0.6 is 0 Å². The number of aromatic nitrogens is 3. The van der Waals surface area contributed by atoms with Crippen molar-refractivity contribution in [2.24, 2.45) is 5.92 Å². The van der Waals surface area contributed by atoms with E-state index in [1.807, 2.05) is 43.3 Å². The lowest BCUT2D eigenvalue weighted by Crippen LogP contribution is -2.52. The van der Waals surface area contributed by atoms with E-state index < -0.39 is 6.04 Å². The summed E-state index contributed by atoms with van der Waals surface area (Å²) in [5.74, 6) is 1.32. The maximum atomic E-state index is 12.9. The predicted molar refractivity (Wildman–Crippen MR) is 107 cm³/mol. The van der Waals surface area contributed by atoms with Crippen molar-refractivity contribution in [2.75, 3.05) is 13.1 Å². The summed E-state index contributed by atoms with van der Waals surface area (Å²) >= 11 is 0. The molecule has 1 atom stereocenters. The Morgan fingerprint density at radius 1 is 1.18 bits per heavy atom. The van der Waals surface area contributed by atoms with E-state index in [9.17, 15) is 9.59 Å². The zero-order valence-electron chi connectivity index (χ0n) is 16.8. The second-order valence-electron chi connectivity index (χ2n) is 7.79. The van der Waals surface area contributed by atoms with E-state index in [0.717, 1.165) is 25.2 Å². The molecule has 0 spiro atoms. The molecule has 0 aromatic carbocycles. The molecule has 0 saturated carbocycles. The predicted octanol–water partition coefficient (Wildman–Crippen LogP) is 2.19. The molecule has 0 unspecified atom stereocenters. The van der Waals surface area contributed by atoms with E-state index in [0.29, 0.717) is 19.0 Å². The first-order chi connectivity index (χ1) is 13.5. The van der Waals surface area contributed by atoms with Gasteiger partial charge in [0, 0.05) is 57.3 Å². The molecule has 0 aliphatic carbocycles. The van der Waals surface area contributed by atoms with E-state index in [-0.39, 0.29) is 17.7 Å². The van der Waals surface area contributed by atoms with Crippen LogP contribution in [0, 0.1) is 5.92 Å². The average Bonchev–Trinajstić information content (AvgIpc) is 3.14. The van der Waals surface area contributed by atoms with Crippen molar-refractivity contribution in [2.45, 2.75) is 52.1 Å². The summed E-state index contributed by atoms with van der Waals surface area (Å²) in [5, 5.41) is 2.80. The molecule has 7 nitrogen and oxygen atoms in total. The zero-order chi connectivity index (χ0) is 20.1. The first kappa shape index (κ1) is 20.0. The van der Waals surface area contributed by atoms with Crippen LogP contribution in [0.1, 0.15) is 50.9 Å². The Bertz CT molecular complexity index is 794. The molecule has 1 N–H and O–H groups in total. The molecular weight excluding hydrogens is 354 g/mol. The monoisotopic (exact) mass is 383 g/mol. The van der Waals surface area contributed by atoms with Crippen molar-refractivity contribution < 1.29 is 9.59 Å². The van der Waals surface area contributed by atoms with Gasteiger partial charge in [0.05, 0.1) is 0 Å². The molecule has 28 heavy (non-hydrogen) atoms. The van der Waals surface area contributed by atoms with Crippen LogP contribution in [0.2, 0.25) is 0 Å². The maximum absolute atomic E-state index is 12.9. The summed E-state index contributed by atoms with van der Waals surface area (Å²) in [4.78, 5) is 34.9. The Hall–Kier alpha value is -2.70. The quantitative estimate of drug-likeness (QED) is 0.829. The highest BCUT2D eigenvalue weighted by Gasteiger charge is 2.32. The Morgan fingerprint density at radius 2 is 1.86 bits per heavy atom. The van der Waals surface area contributed by atoms with Crippen molar-refractivity contribution in [1.29, 1.82) is 0 Å². The van der Waals surface area contributed by atoms with Gasteiger partial charge in [-0.25, -0.2) is 4.98 Å². The summed E-state index contributed by atoms with van der Waals surface area (Å²) in [6.45, 7) is 7.53. The molecular formula is C21H29N5O2. The van der Waals surface area contributed by atoms with Crippen LogP contribution in [0.4, 0.5) is 0 Å². The number of pyridine rings is 1. The Balaban J connectivity index is 1.62. The molecule has 2 amide bonds. The molecule has 7 heteroatoms. The van der Waals surface area contributed by atoms with Crippen LogP contribution in [0.15, 0.2) is 36.9 Å². The molecule has 2 aromatic rings.